The largest absolute Gasteiger partial charge is 0.497 e. The summed E-state index contributed by atoms with van der Waals surface area (Å²) in [7, 11) is 1.66. The van der Waals surface area contributed by atoms with E-state index in [0.717, 1.165) is 25.2 Å². The van der Waals surface area contributed by atoms with E-state index in [4.69, 9.17) is 21.1 Å². The van der Waals surface area contributed by atoms with Crippen molar-refractivity contribution < 1.29 is 9.47 Å². The summed E-state index contributed by atoms with van der Waals surface area (Å²) in [4.78, 5) is 0. The van der Waals surface area contributed by atoms with Gasteiger partial charge in [0.05, 0.1) is 13.7 Å². The van der Waals surface area contributed by atoms with Crippen LogP contribution in [-0.4, -0.2) is 19.6 Å². The highest BCUT2D eigenvalue weighted by molar-refractivity contribution is 6.17. The van der Waals surface area contributed by atoms with Crippen LogP contribution < -0.4 is 4.74 Å². The smallest absolute Gasteiger partial charge is 0.118 e. The van der Waals surface area contributed by atoms with Crippen molar-refractivity contribution in [1.82, 2.24) is 0 Å². The summed E-state index contributed by atoms with van der Waals surface area (Å²) in [6.07, 6.45) is 2.05. The Labute approximate surface area is 96.2 Å². The first kappa shape index (κ1) is 12.3. The quantitative estimate of drug-likeness (QED) is 0.527. The standard InChI is InChI=1S/C12H17ClO2/c1-14-12-6-4-11(5-7-12)10-15-9-3-2-8-13/h4-7H,2-3,8-10H2,1H3. The van der Waals surface area contributed by atoms with Crippen LogP contribution in [0.5, 0.6) is 5.75 Å². The molecule has 3 heteroatoms. The van der Waals surface area contributed by atoms with Crippen molar-refractivity contribution in [1.29, 1.82) is 0 Å². The lowest BCUT2D eigenvalue weighted by molar-refractivity contribution is 0.118. The topological polar surface area (TPSA) is 18.5 Å². The SMILES string of the molecule is COc1ccc(COCCCCCl)cc1. The number of unbranched alkanes of at least 4 members (excludes halogenated alkanes) is 1. The zero-order valence-electron chi connectivity index (χ0n) is 9.04. The molecule has 0 saturated heterocycles. The molecular weight excluding hydrogens is 212 g/mol. The summed E-state index contributed by atoms with van der Waals surface area (Å²) in [5.41, 5.74) is 1.17. The van der Waals surface area contributed by atoms with Crippen LogP contribution in [0.25, 0.3) is 0 Å². The number of rotatable bonds is 7. The minimum Gasteiger partial charge on any atom is -0.497 e. The van der Waals surface area contributed by atoms with E-state index in [9.17, 15) is 0 Å². The van der Waals surface area contributed by atoms with Crippen molar-refractivity contribution in [2.75, 3.05) is 19.6 Å². The van der Waals surface area contributed by atoms with Crippen molar-refractivity contribution in [2.45, 2.75) is 19.4 Å². The van der Waals surface area contributed by atoms with Gasteiger partial charge in [-0.25, -0.2) is 0 Å². The second kappa shape index (κ2) is 7.55. The van der Waals surface area contributed by atoms with Crippen molar-refractivity contribution >= 4 is 11.6 Å². The Morgan fingerprint density at radius 2 is 1.87 bits per heavy atom. The molecule has 0 aliphatic carbocycles. The molecule has 2 nitrogen and oxygen atoms in total. The molecule has 0 atom stereocenters. The van der Waals surface area contributed by atoms with Gasteiger partial charge in [-0.2, -0.15) is 0 Å². The maximum absolute atomic E-state index is 5.56. The molecule has 0 fully saturated rings. The van der Waals surface area contributed by atoms with E-state index in [1.165, 1.54) is 5.56 Å². The summed E-state index contributed by atoms with van der Waals surface area (Å²) in [5.74, 6) is 1.59. The molecule has 84 valence electrons. The van der Waals surface area contributed by atoms with Gasteiger partial charge in [0.1, 0.15) is 5.75 Å². The summed E-state index contributed by atoms with van der Waals surface area (Å²) < 4.78 is 10.6. The molecule has 15 heavy (non-hydrogen) atoms. The van der Waals surface area contributed by atoms with Gasteiger partial charge >= 0.3 is 0 Å². The van der Waals surface area contributed by atoms with Crippen LogP contribution in [0.3, 0.4) is 0 Å². The van der Waals surface area contributed by atoms with Crippen LogP contribution in [0.2, 0.25) is 0 Å². The molecule has 1 aromatic rings. The highest BCUT2D eigenvalue weighted by Crippen LogP contribution is 2.11. The van der Waals surface area contributed by atoms with Crippen molar-refractivity contribution in [3.05, 3.63) is 29.8 Å². The predicted molar refractivity (Wildman–Crippen MR) is 62.6 cm³/mol. The molecule has 0 radical (unpaired) electrons. The Kier molecular flexibility index (Phi) is 6.21. The zero-order chi connectivity index (χ0) is 10.9. The minimum absolute atomic E-state index is 0.659. The average Bonchev–Trinajstić information content (AvgIpc) is 2.30. The van der Waals surface area contributed by atoms with E-state index in [-0.39, 0.29) is 0 Å². The van der Waals surface area contributed by atoms with Crippen LogP contribution in [0.4, 0.5) is 0 Å². The number of halogens is 1. The molecule has 0 aromatic heterocycles. The number of alkyl halides is 1. The van der Waals surface area contributed by atoms with Gasteiger partial charge in [0.15, 0.2) is 0 Å². The molecule has 0 heterocycles. The molecular formula is C12H17ClO2. The molecule has 0 saturated carbocycles. The van der Waals surface area contributed by atoms with Gasteiger partial charge in [-0.15, -0.1) is 11.6 Å². The van der Waals surface area contributed by atoms with Gasteiger partial charge in [-0.1, -0.05) is 12.1 Å². The summed E-state index contributed by atoms with van der Waals surface area (Å²) in [6, 6.07) is 7.91. The third-order valence-corrected chi connectivity index (χ3v) is 2.37. The second-order valence-corrected chi connectivity index (χ2v) is 3.67. The molecule has 0 spiro atoms. The lowest BCUT2D eigenvalue weighted by Crippen LogP contribution is -1.96. The fraction of sp³-hybridized carbons (Fsp3) is 0.500. The first-order valence-corrected chi connectivity index (χ1v) is 5.67. The third kappa shape index (κ3) is 5.05. The fourth-order valence-electron chi connectivity index (χ4n) is 1.21. The number of hydrogen-bond acceptors (Lipinski definition) is 2. The van der Waals surface area contributed by atoms with E-state index < -0.39 is 0 Å². The third-order valence-electron chi connectivity index (χ3n) is 2.10. The Balaban J connectivity index is 2.20. The van der Waals surface area contributed by atoms with Crippen LogP contribution >= 0.6 is 11.6 Å². The highest BCUT2D eigenvalue weighted by Gasteiger charge is 1.94. The molecule has 1 aromatic carbocycles. The van der Waals surface area contributed by atoms with Gasteiger partial charge in [-0.3, -0.25) is 0 Å². The average molecular weight is 229 g/mol. The van der Waals surface area contributed by atoms with Gasteiger partial charge in [0.2, 0.25) is 0 Å². The van der Waals surface area contributed by atoms with Crippen LogP contribution in [-0.2, 0) is 11.3 Å². The van der Waals surface area contributed by atoms with E-state index in [2.05, 4.69) is 0 Å². The maximum Gasteiger partial charge on any atom is 0.118 e. The molecule has 0 N–H and O–H groups in total. The predicted octanol–water partition coefficient (Wildman–Crippen LogP) is 3.23. The molecule has 0 unspecified atom stereocenters. The van der Waals surface area contributed by atoms with Crippen LogP contribution in [0.1, 0.15) is 18.4 Å². The van der Waals surface area contributed by atoms with E-state index in [1.54, 1.807) is 7.11 Å². The van der Waals surface area contributed by atoms with E-state index in [0.29, 0.717) is 12.5 Å². The van der Waals surface area contributed by atoms with Crippen LogP contribution in [0.15, 0.2) is 24.3 Å². The number of methoxy groups -OCH3 is 1. The van der Waals surface area contributed by atoms with Gasteiger partial charge in [0.25, 0.3) is 0 Å². The fourth-order valence-corrected chi connectivity index (χ4v) is 1.40. The monoisotopic (exact) mass is 228 g/mol. The number of hydrogen-bond donors (Lipinski definition) is 0. The lowest BCUT2D eigenvalue weighted by Gasteiger charge is -2.04. The van der Waals surface area contributed by atoms with Gasteiger partial charge in [0, 0.05) is 12.5 Å². The number of benzene rings is 1. The Bertz CT molecular complexity index is 259. The molecule has 1 rings (SSSR count). The van der Waals surface area contributed by atoms with E-state index in [1.807, 2.05) is 24.3 Å². The van der Waals surface area contributed by atoms with E-state index >= 15 is 0 Å². The van der Waals surface area contributed by atoms with Gasteiger partial charge < -0.3 is 9.47 Å². The lowest BCUT2D eigenvalue weighted by atomic mass is 10.2. The molecule has 0 aliphatic rings. The minimum atomic E-state index is 0.659. The number of ether oxygens (including phenoxy) is 2. The first-order chi connectivity index (χ1) is 7.36. The summed E-state index contributed by atoms with van der Waals surface area (Å²) in [5, 5.41) is 0. The van der Waals surface area contributed by atoms with Gasteiger partial charge in [-0.05, 0) is 30.5 Å². The first-order valence-electron chi connectivity index (χ1n) is 5.13. The summed E-state index contributed by atoms with van der Waals surface area (Å²) >= 11 is 5.56. The normalized spacial score (nSPS) is 10.3. The molecule has 0 aliphatic heterocycles. The Hall–Kier alpha value is -0.730. The Morgan fingerprint density at radius 1 is 1.13 bits per heavy atom. The van der Waals surface area contributed by atoms with Crippen molar-refractivity contribution in [2.24, 2.45) is 0 Å². The van der Waals surface area contributed by atoms with Crippen LogP contribution in [0, 0.1) is 0 Å². The molecule has 0 amide bonds. The maximum atomic E-state index is 5.56. The highest BCUT2D eigenvalue weighted by atomic mass is 35.5. The molecule has 0 bridgehead atoms. The van der Waals surface area contributed by atoms with Crippen molar-refractivity contribution in [3.8, 4) is 5.75 Å². The Morgan fingerprint density at radius 3 is 2.47 bits per heavy atom. The van der Waals surface area contributed by atoms with Crippen molar-refractivity contribution in [3.63, 3.8) is 0 Å². The summed E-state index contributed by atoms with van der Waals surface area (Å²) in [6.45, 7) is 1.44. The second-order valence-electron chi connectivity index (χ2n) is 3.30. The zero-order valence-corrected chi connectivity index (χ0v) is 9.80.